The SMILES string of the molecule is Cc1c(C(=O)N2CCN(C(=O)[C@H]3NCCO[C@@H]3C)CC2)sc2ccccc12. The number of morpholine rings is 1. The third-order valence-corrected chi connectivity index (χ3v) is 6.76. The molecule has 144 valence electrons. The van der Waals surface area contributed by atoms with Crippen LogP contribution in [0.25, 0.3) is 10.1 Å². The zero-order chi connectivity index (χ0) is 19.0. The van der Waals surface area contributed by atoms with Crippen LogP contribution in [0.3, 0.4) is 0 Å². The van der Waals surface area contributed by atoms with E-state index in [4.69, 9.17) is 4.74 Å². The Morgan fingerprint density at radius 3 is 2.56 bits per heavy atom. The summed E-state index contributed by atoms with van der Waals surface area (Å²) >= 11 is 1.56. The summed E-state index contributed by atoms with van der Waals surface area (Å²) in [6.07, 6.45) is -0.118. The monoisotopic (exact) mass is 387 g/mol. The second-order valence-corrected chi connectivity index (χ2v) is 8.23. The van der Waals surface area contributed by atoms with Crippen molar-refractivity contribution in [1.29, 1.82) is 0 Å². The Morgan fingerprint density at radius 1 is 1.15 bits per heavy atom. The van der Waals surface area contributed by atoms with E-state index in [0.717, 1.165) is 20.5 Å². The third kappa shape index (κ3) is 3.47. The maximum atomic E-state index is 13.0. The lowest BCUT2D eigenvalue weighted by Gasteiger charge is -2.38. The van der Waals surface area contributed by atoms with Crippen LogP contribution in [0.15, 0.2) is 24.3 Å². The summed E-state index contributed by atoms with van der Waals surface area (Å²) in [4.78, 5) is 30.3. The fourth-order valence-corrected chi connectivity index (χ4v) is 5.04. The van der Waals surface area contributed by atoms with Gasteiger partial charge in [0.1, 0.15) is 6.04 Å². The molecule has 3 heterocycles. The first-order valence-corrected chi connectivity index (χ1v) is 10.3. The van der Waals surface area contributed by atoms with Crippen molar-refractivity contribution in [1.82, 2.24) is 15.1 Å². The van der Waals surface area contributed by atoms with Gasteiger partial charge in [-0.05, 0) is 30.9 Å². The van der Waals surface area contributed by atoms with Crippen molar-refractivity contribution in [3.8, 4) is 0 Å². The molecule has 0 bridgehead atoms. The van der Waals surface area contributed by atoms with Gasteiger partial charge in [0, 0.05) is 37.4 Å². The van der Waals surface area contributed by atoms with Gasteiger partial charge in [0.2, 0.25) is 5.91 Å². The van der Waals surface area contributed by atoms with E-state index < -0.39 is 0 Å². The highest BCUT2D eigenvalue weighted by Gasteiger charge is 2.34. The lowest BCUT2D eigenvalue weighted by atomic mass is 10.1. The van der Waals surface area contributed by atoms with Gasteiger partial charge in [0.05, 0.1) is 17.6 Å². The van der Waals surface area contributed by atoms with Crippen LogP contribution in [0.5, 0.6) is 0 Å². The van der Waals surface area contributed by atoms with Crippen molar-refractivity contribution < 1.29 is 14.3 Å². The smallest absolute Gasteiger partial charge is 0.264 e. The van der Waals surface area contributed by atoms with Gasteiger partial charge in [0.25, 0.3) is 5.91 Å². The van der Waals surface area contributed by atoms with E-state index in [2.05, 4.69) is 17.4 Å². The molecule has 2 aromatic rings. The third-order valence-electron chi connectivity index (χ3n) is 5.50. The molecule has 2 saturated heterocycles. The number of benzene rings is 1. The molecule has 1 aromatic heterocycles. The molecule has 0 unspecified atom stereocenters. The lowest BCUT2D eigenvalue weighted by molar-refractivity contribution is -0.140. The summed E-state index contributed by atoms with van der Waals surface area (Å²) in [5, 5.41) is 4.40. The normalized spacial score (nSPS) is 23.6. The standard InChI is InChI=1S/C20H25N3O3S/c1-13-15-5-3-4-6-16(15)27-18(13)20(25)23-10-8-22(9-11-23)19(24)17-14(2)26-12-7-21-17/h3-6,14,17,21H,7-12H2,1-2H3/t14-,17+/m1/s1. The van der Waals surface area contributed by atoms with Crippen LogP contribution in [0.4, 0.5) is 0 Å². The Bertz CT molecular complexity index is 857. The Hall–Kier alpha value is -1.96. The minimum atomic E-state index is -0.286. The minimum Gasteiger partial charge on any atom is -0.375 e. The maximum absolute atomic E-state index is 13.0. The predicted molar refractivity (Wildman–Crippen MR) is 106 cm³/mol. The van der Waals surface area contributed by atoms with Crippen molar-refractivity contribution >= 4 is 33.2 Å². The van der Waals surface area contributed by atoms with Crippen LogP contribution in [0.1, 0.15) is 22.2 Å². The zero-order valence-corrected chi connectivity index (χ0v) is 16.6. The van der Waals surface area contributed by atoms with Crippen LogP contribution in [0, 0.1) is 6.92 Å². The fourth-order valence-electron chi connectivity index (χ4n) is 3.86. The van der Waals surface area contributed by atoms with Crippen LogP contribution in [-0.2, 0) is 9.53 Å². The molecule has 2 aliphatic heterocycles. The lowest BCUT2D eigenvalue weighted by Crippen LogP contribution is -2.60. The van der Waals surface area contributed by atoms with E-state index in [-0.39, 0.29) is 24.0 Å². The van der Waals surface area contributed by atoms with Gasteiger partial charge in [-0.15, -0.1) is 11.3 Å². The maximum Gasteiger partial charge on any atom is 0.264 e. The van der Waals surface area contributed by atoms with Crippen molar-refractivity contribution in [3.05, 3.63) is 34.7 Å². The van der Waals surface area contributed by atoms with Gasteiger partial charge in [-0.3, -0.25) is 9.59 Å². The molecule has 27 heavy (non-hydrogen) atoms. The summed E-state index contributed by atoms with van der Waals surface area (Å²) < 4.78 is 6.73. The molecule has 0 aliphatic carbocycles. The highest BCUT2D eigenvalue weighted by Crippen LogP contribution is 2.31. The van der Waals surface area contributed by atoms with E-state index in [1.807, 2.05) is 35.8 Å². The molecular weight excluding hydrogens is 362 g/mol. The number of piperazine rings is 1. The Labute approximate surface area is 163 Å². The van der Waals surface area contributed by atoms with E-state index in [0.29, 0.717) is 39.3 Å². The number of carbonyl (C=O) groups is 2. The topological polar surface area (TPSA) is 61.9 Å². The quantitative estimate of drug-likeness (QED) is 0.855. The molecule has 2 aliphatic rings. The summed E-state index contributed by atoms with van der Waals surface area (Å²) in [6, 6.07) is 7.84. The number of amides is 2. The van der Waals surface area contributed by atoms with Crippen LogP contribution < -0.4 is 5.32 Å². The molecule has 2 fully saturated rings. The molecule has 2 amide bonds. The molecule has 0 saturated carbocycles. The van der Waals surface area contributed by atoms with Gasteiger partial charge in [0.15, 0.2) is 0 Å². The molecule has 4 rings (SSSR count). The summed E-state index contributed by atoms with van der Waals surface area (Å²) in [7, 11) is 0. The first-order chi connectivity index (χ1) is 13.1. The number of thiophene rings is 1. The van der Waals surface area contributed by atoms with Gasteiger partial charge in [-0.1, -0.05) is 18.2 Å². The fraction of sp³-hybridized carbons (Fsp3) is 0.500. The highest BCUT2D eigenvalue weighted by atomic mass is 32.1. The molecule has 0 spiro atoms. The Balaban J connectivity index is 1.42. The van der Waals surface area contributed by atoms with Gasteiger partial charge in [-0.2, -0.15) is 0 Å². The number of hydrogen-bond donors (Lipinski definition) is 1. The molecule has 0 radical (unpaired) electrons. The number of nitrogens with zero attached hydrogens (tertiary/aromatic N) is 2. The zero-order valence-electron chi connectivity index (χ0n) is 15.7. The molecule has 1 N–H and O–H groups in total. The molecule has 2 atom stereocenters. The van der Waals surface area contributed by atoms with Crippen LogP contribution in [0.2, 0.25) is 0 Å². The first-order valence-electron chi connectivity index (χ1n) is 9.47. The van der Waals surface area contributed by atoms with E-state index >= 15 is 0 Å². The summed E-state index contributed by atoms with van der Waals surface area (Å²) in [6.45, 7) is 7.56. The predicted octanol–water partition coefficient (Wildman–Crippen LogP) is 1.87. The molecule has 7 heteroatoms. The molecule has 1 aromatic carbocycles. The second-order valence-electron chi connectivity index (χ2n) is 7.18. The van der Waals surface area contributed by atoms with Crippen molar-refractivity contribution in [2.75, 3.05) is 39.3 Å². The van der Waals surface area contributed by atoms with E-state index in [9.17, 15) is 9.59 Å². The van der Waals surface area contributed by atoms with Crippen LogP contribution >= 0.6 is 11.3 Å². The van der Waals surface area contributed by atoms with E-state index in [1.165, 1.54) is 0 Å². The van der Waals surface area contributed by atoms with Crippen molar-refractivity contribution in [2.24, 2.45) is 0 Å². The Kier molecular flexibility index (Phi) is 5.16. The highest BCUT2D eigenvalue weighted by molar-refractivity contribution is 7.21. The summed E-state index contributed by atoms with van der Waals surface area (Å²) in [5.41, 5.74) is 1.05. The second kappa shape index (κ2) is 7.58. The van der Waals surface area contributed by atoms with E-state index in [1.54, 1.807) is 11.3 Å². The van der Waals surface area contributed by atoms with Crippen molar-refractivity contribution in [3.63, 3.8) is 0 Å². The Morgan fingerprint density at radius 2 is 1.85 bits per heavy atom. The summed E-state index contributed by atoms with van der Waals surface area (Å²) in [5.74, 6) is 0.153. The minimum absolute atomic E-state index is 0.0762. The number of aryl methyl sites for hydroxylation is 1. The van der Waals surface area contributed by atoms with Gasteiger partial charge in [-0.25, -0.2) is 0 Å². The average molecular weight is 388 g/mol. The average Bonchev–Trinajstić information content (AvgIpc) is 3.04. The number of fused-ring (bicyclic) bond motifs is 1. The van der Waals surface area contributed by atoms with Gasteiger partial charge >= 0.3 is 0 Å². The number of carbonyl (C=O) groups excluding carboxylic acids is 2. The number of hydrogen-bond acceptors (Lipinski definition) is 5. The number of ether oxygens (including phenoxy) is 1. The molecular formula is C20H25N3O3S. The number of rotatable bonds is 2. The van der Waals surface area contributed by atoms with Gasteiger partial charge < -0.3 is 19.9 Å². The number of nitrogens with one attached hydrogen (secondary N) is 1. The largest absolute Gasteiger partial charge is 0.375 e. The van der Waals surface area contributed by atoms with Crippen molar-refractivity contribution in [2.45, 2.75) is 26.0 Å². The van der Waals surface area contributed by atoms with Crippen LogP contribution in [-0.4, -0.2) is 73.1 Å². The first kappa shape index (κ1) is 18.4. The molecule has 6 nitrogen and oxygen atoms in total.